The summed E-state index contributed by atoms with van der Waals surface area (Å²) in [4.78, 5) is 6.89. The average Bonchev–Trinajstić information content (AvgIpc) is 2.38. The van der Waals surface area contributed by atoms with Crippen molar-refractivity contribution in [2.45, 2.75) is 44.6 Å². The number of hydrogen-bond acceptors (Lipinski definition) is 2. The Hall–Kier alpha value is -0.890. The van der Waals surface area contributed by atoms with E-state index >= 15 is 0 Å². The molecule has 1 aliphatic rings. The van der Waals surface area contributed by atoms with Crippen LogP contribution in [-0.2, 0) is 6.42 Å². The Morgan fingerprint density at radius 1 is 1.25 bits per heavy atom. The summed E-state index contributed by atoms with van der Waals surface area (Å²) in [5, 5.41) is 0. The first-order chi connectivity index (χ1) is 7.86. The van der Waals surface area contributed by atoms with Crippen LogP contribution in [0.4, 0.5) is 0 Å². The van der Waals surface area contributed by atoms with E-state index in [1.165, 1.54) is 37.8 Å². The maximum Gasteiger partial charge on any atom is 0.0416 e. The molecule has 1 heterocycles. The number of nitrogens with zero attached hydrogens (tertiary/aromatic N) is 2. The molecule has 2 rings (SSSR count). The molecule has 0 amide bonds. The lowest BCUT2D eigenvalue weighted by Crippen LogP contribution is -2.34. The Bertz CT molecular complexity index is 291. The summed E-state index contributed by atoms with van der Waals surface area (Å²) < 4.78 is 0. The summed E-state index contributed by atoms with van der Waals surface area (Å²) in [7, 11) is 2.26. The van der Waals surface area contributed by atoms with Crippen molar-refractivity contribution in [1.29, 1.82) is 0 Å². The fourth-order valence-electron chi connectivity index (χ4n) is 2.54. The molecule has 0 spiro atoms. The predicted molar refractivity (Wildman–Crippen MR) is 67.4 cm³/mol. The molecular formula is C14H22N2. The minimum absolute atomic E-state index is 0.817. The number of hydrogen-bond donors (Lipinski definition) is 0. The van der Waals surface area contributed by atoms with Crippen molar-refractivity contribution in [1.82, 2.24) is 9.88 Å². The van der Waals surface area contributed by atoms with Crippen LogP contribution in [-0.4, -0.2) is 29.5 Å². The molecule has 0 radical (unpaired) electrons. The lowest BCUT2D eigenvalue weighted by molar-refractivity contribution is 0.193. The Morgan fingerprint density at radius 3 is 2.75 bits per heavy atom. The fourth-order valence-corrected chi connectivity index (χ4v) is 2.54. The highest BCUT2D eigenvalue weighted by atomic mass is 15.1. The fraction of sp³-hybridized carbons (Fsp3) is 0.643. The third kappa shape index (κ3) is 3.31. The summed E-state index contributed by atoms with van der Waals surface area (Å²) in [6, 6.07) is 6.99. The topological polar surface area (TPSA) is 16.1 Å². The van der Waals surface area contributed by atoms with Crippen LogP contribution in [0.3, 0.4) is 0 Å². The van der Waals surface area contributed by atoms with Crippen LogP contribution >= 0.6 is 0 Å². The monoisotopic (exact) mass is 218 g/mol. The van der Waals surface area contributed by atoms with Crippen molar-refractivity contribution in [3.8, 4) is 0 Å². The largest absolute Gasteiger partial charge is 0.303 e. The normalized spacial score (nSPS) is 17.9. The molecule has 16 heavy (non-hydrogen) atoms. The van der Waals surface area contributed by atoms with Crippen LogP contribution in [0.2, 0.25) is 0 Å². The van der Waals surface area contributed by atoms with Gasteiger partial charge in [0.25, 0.3) is 0 Å². The lowest BCUT2D eigenvalue weighted by atomic mass is 9.94. The SMILES string of the molecule is CN(CCc1ccccn1)C1CCCCC1. The van der Waals surface area contributed by atoms with Crippen molar-refractivity contribution in [2.75, 3.05) is 13.6 Å². The zero-order chi connectivity index (χ0) is 11.2. The van der Waals surface area contributed by atoms with Gasteiger partial charge in [-0.2, -0.15) is 0 Å². The van der Waals surface area contributed by atoms with Crippen LogP contribution in [0, 0.1) is 0 Å². The van der Waals surface area contributed by atoms with Gasteiger partial charge in [0.15, 0.2) is 0 Å². The zero-order valence-corrected chi connectivity index (χ0v) is 10.2. The van der Waals surface area contributed by atoms with E-state index in [-0.39, 0.29) is 0 Å². The van der Waals surface area contributed by atoms with E-state index in [9.17, 15) is 0 Å². The first-order valence-electron chi connectivity index (χ1n) is 6.46. The zero-order valence-electron chi connectivity index (χ0n) is 10.2. The molecule has 1 aromatic rings. The maximum atomic E-state index is 4.37. The van der Waals surface area contributed by atoms with Crippen LogP contribution in [0.1, 0.15) is 37.8 Å². The summed E-state index contributed by atoms with van der Waals surface area (Å²) in [6.07, 6.45) is 10.0. The summed E-state index contributed by atoms with van der Waals surface area (Å²) >= 11 is 0. The van der Waals surface area contributed by atoms with Gasteiger partial charge in [0.2, 0.25) is 0 Å². The highest BCUT2D eigenvalue weighted by Gasteiger charge is 2.17. The van der Waals surface area contributed by atoms with E-state index < -0.39 is 0 Å². The smallest absolute Gasteiger partial charge is 0.0416 e. The summed E-state index contributed by atoms with van der Waals surface area (Å²) in [5.74, 6) is 0. The van der Waals surface area contributed by atoms with Crippen LogP contribution < -0.4 is 0 Å². The van der Waals surface area contributed by atoms with Gasteiger partial charge in [-0.15, -0.1) is 0 Å². The first kappa shape index (κ1) is 11.6. The Balaban J connectivity index is 1.76. The maximum absolute atomic E-state index is 4.37. The molecule has 0 saturated heterocycles. The molecule has 1 aliphatic carbocycles. The van der Waals surface area contributed by atoms with Gasteiger partial charge in [-0.3, -0.25) is 4.98 Å². The highest BCUT2D eigenvalue weighted by Crippen LogP contribution is 2.21. The molecule has 0 unspecified atom stereocenters. The van der Waals surface area contributed by atoms with Crippen LogP contribution in [0.15, 0.2) is 24.4 Å². The molecule has 0 N–H and O–H groups in total. The van der Waals surface area contributed by atoms with Gasteiger partial charge in [0, 0.05) is 30.9 Å². The van der Waals surface area contributed by atoms with E-state index in [0.29, 0.717) is 0 Å². The second kappa shape index (κ2) is 6.00. The quantitative estimate of drug-likeness (QED) is 0.772. The Morgan fingerprint density at radius 2 is 2.06 bits per heavy atom. The number of likely N-dealkylation sites (N-methyl/N-ethyl adjacent to an activating group) is 1. The highest BCUT2D eigenvalue weighted by molar-refractivity contribution is 5.03. The van der Waals surface area contributed by atoms with Crippen molar-refractivity contribution in [3.05, 3.63) is 30.1 Å². The summed E-state index contributed by atoms with van der Waals surface area (Å²) in [5.41, 5.74) is 1.21. The second-order valence-corrected chi connectivity index (χ2v) is 4.84. The first-order valence-corrected chi connectivity index (χ1v) is 6.46. The van der Waals surface area contributed by atoms with Gasteiger partial charge in [0.1, 0.15) is 0 Å². The summed E-state index contributed by atoms with van der Waals surface area (Å²) in [6.45, 7) is 1.14. The van der Waals surface area contributed by atoms with E-state index in [1.807, 2.05) is 12.3 Å². The van der Waals surface area contributed by atoms with Crippen LogP contribution in [0.5, 0.6) is 0 Å². The number of pyridine rings is 1. The number of aromatic nitrogens is 1. The van der Waals surface area contributed by atoms with Gasteiger partial charge in [-0.05, 0) is 32.0 Å². The molecule has 1 saturated carbocycles. The molecule has 1 aromatic heterocycles. The van der Waals surface area contributed by atoms with Gasteiger partial charge < -0.3 is 4.90 Å². The molecule has 1 fully saturated rings. The molecular weight excluding hydrogens is 196 g/mol. The van der Waals surface area contributed by atoms with Gasteiger partial charge >= 0.3 is 0 Å². The van der Waals surface area contributed by atoms with Crippen molar-refractivity contribution >= 4 is 0 Å². The molecule has 0 aliphatic heterocycles. The van der Waals surface area contributed by atoms with Crippen molar-refractivity contribution < 1.29 is 0 Å². The van der Waals surface area contributed by atoms with Gasteiger partial charge in [0.05, 0.1) is 0 Å². The molecule has 0 aromatic carbocycles. The van der Waals surface area contributed by atoms with E-state index in [0.717, 1.165) is 19.0 Å². The minimum atomic E-state index is 0.817. The predicted octanol–water partition coefficient (Wildman–Crippen LogP) is 2.89. The minimum Gasteiger partial charge on any atom is -0.303 e. The second-order valence-electron chi connectivity index (χ2n) is 4.84. The lowest BCUT2D eigenvalue weighted by Gasteiger charge is -2.31. The third-order valence-electron chi connectivity index (χ3n) is 3.64. The van der Waals surface area contributed by atoms with E-state index in [1.54, 1.807) is 0 Å². The standard InChI is InChI=1S/C14H22N2/c1-16(14-8-3-2-4-9-14)12-10-13-7-5-6-11-15-13/h5-7,11,14H,2-4,8-10,12H2,1H3. The molecule has 2 nitrogen and oxygen atoms in total. The molecule has 88 valence electrons. The molecule has 0 bridgehead atoms. The average molecular weight is 218 g/mol. The molecule has 0 atom stereocenters. The van der Waals surface area contributed by atoms with E-state index in [4.69, 9.17) is 0 Å². The molecule has 2 heteroatoms. The van der Waals surface area contributed by atoms with Gasteiger partial charge in [-0.25, -0.2) is 0 Å². The Kier molecular flexibility index (Phi) is 4.34. The van der Waals surface area contributed by atoms with Gasteiger partial charge in [-0.1, -0.05) is 25.3 Å². The van der Waals surface area contributed by atoms with E-state index in [2.05, 4.69) is 29.1 Å². The van der Waals surface area contributed by atoms with Crippen LogP contribution in [0.25, 0.3) is 0 Å². The third-order valence-corrected chi connectivity index (χ3v) is 3.64. The van der Waals surface area contributed by atoms with Crippen molar-refractivity contribution in [3.63, 3.8) is 0 Å². The van der Waals surface area contributed by atoms with Crippen molar-refractivity contribution in [2.24, 2.45) is 0 Å². The number of rotatable bonds is 4. The Labute approximate surface area is 98.7 Å².